The van der Waals surface area contributed by atoms with Gasteiger partial charge in [0, 0.05) is 12.2 Å². The van der Waals surface area contributed by atoms with Crippen molar-refractivity contribution in [2.75, 3.05) is 25.0 Å². The molecule has 1 heterocycles. The van der Waals surface area contributed by atoms with Crippen LogP contribution in [0.3, 0.4) is 0 Å². The Labute approximate surface area is 149 Å². The Balaban J connectivity index is 1.98. The van der Waals surface area contributed by atoms with Crippen LogP contribution in [0.4, 0.5) is 5.69 Å². The van der Waals surface area contributed by atoms with Crippen molar-refractivity contribution >= 4 is 17.5 Å². The van der Waals surface area contributed by atoms with E-state index in [1.54, 1.807) is 23.8 Å². The van der Waals surface area contributed by atoms with Gasteiger partial charge in [-0.3, -0.25) is 14.5 Å². The van der Waals surface area contributed by atoms with Gasteiger partial charge >= 0.3 is 0 Å². The normalized spacial score (nSPS) is 19.8. The Morgan fingerprint density at radius 1 is 1.44 bits per heavy atom. The van der Waals surface area contributed by atoms with Crippen LogP contribution in [0.2, 0.25) is 0 Å². The maximum Gasteiger partial charge on any atom is 0.244 e. The van der Waals surface area contributed by atoms with Crippen molar-refractivity contribution in [2.45, 2.75) is 38.8 Å². The number of likely N-dealkylation sites (N-methyl/N-ethyl adjacent to an activating group) is 1. The van der Waals surface area contributed by atoms with Crippen LogP contribution in [0.25, 0.3) is 0 Å². The zero-order chi connectivity index (χ0) is 18.6. The average molecular weight is 342 g/mol. The van der Waals surface area contributed by atoms with Crippen LogP contribution in [0.1, 0.15) is 27.2 Å². The number of anilines is 1. The minimum absolute atomic E-state index is 0.00607. The standard InChI is InChI=1S/C19H26N4O2/c1-14(2)19(3,13-20)21-17(24)12-22(4)16-10-11-23(18(16)25)15-8-6-5-7-9-15/h5-9,14,16H,10-12H2,1-4H3,(H,21,24)/t16-,19+/m1/s1. The molecule has 6 nitrogen and oxygen atoms in total. The molecule has 2 rings (SSSR count). The van der Waals surface area contributed by atoms with E-state index in [-0.39, 0.29) is 30.3 Å². The predicted octanol–water partition coefficient (Wildman–Crippen LogP) is 1.78. The summed E-state index contributed by atoms with van der Waals surface area (Å²) in [5.41, 5.74) is -0.0297. The number of para-hydroxylation sites is 1. The number of carbonyl (C=O) groups excluding carboxylic acids is 2. The summed E-state index contributed by atoms with van der Waals surface area (Å²) >= 11 is 0. The molecule has 1 aliphatic heterocycles. The van der Waals surface area contributed by atoms with E-state index in [4.69, 9.17) is 0 Å². The van der Waals surface area contributed by atoms with Gasteiger partial charge in [-0.1, -0.05) is 32.0 Å². The van der Waals surface area contributed by atoms with E-state index < -0.39 is 5.54 Å². The monoisotopic (exact) mass is 342 g/mol. The number of hydrogen-bond acceptors (Lipinski definition) is 4. The van der Waals surface area contributed by atoms with Gasteiger partial charge in [-0.2, -0.15) is 5.26 Å². The second-order valence-corrected chi connectivity index (χ2v) is 7.06. The number of nitrogens with one attached hydrogen (secondary N) is 1. The quantitative estimate of drug-likeness (QED) is 0.855. The number of carbonyl (C=O) groups is 2. The molecule has 6 heteroatoms. The first-order valence-corrected chi connectivity index (χ1v) is 8.57. The zero-order valence-electron chi connectivity index (χ0n) is 15.3. The third-order valence-corrected chi connectivity index (χ3v) is 4.96. The number of benzene rings is 1. The Kier molecular flexibility index (Phi) is 5.81. The van der Waals surface area contributed by atoms with Crippen LogP contribution in [-0.2, 0) is 9.59 Å². The maximum absolute atomic E-state index is 12.7. The molecule has 0 bridgehead atoms. The van der Waals surface area contributed by atoms with E-state index in [2.05, 4.69) is 11.4 Å². The molecule has 0 radical (unpaired) electrons. The van der Waals surface area contributed by atoms with Gasteiger partial charge in [-0.05, 0) is 38.4 Å². The molecule has 1 fully saturated rings. The van der Waals surface area contributed by atoms with Crippen LogP contribution in [-0.4, -0.2) is 48.4 Å². The van der Waals surface area contributed by atoms with Crippen LogP contribution in [0.5, 0.6) is 0 Å². The fourth-order valence-corrected chi connectivity index (χ4v) is 2.91. The van der Waals surface area contributed by atoms with E-state index in [1.165, 1.54) is 0 Å². The maximum atomic E-state index is 12.7. The number of rotatable bonds is 6. The summed E-state index contributed by atoms with van der Waals surface area (Å²) < 4.78 is 0. The lowest BCUT2D eigenvalue weighted by Gasteiger charge is -2.29. The molecule has 1 aromatic carbocycles. The van der Waals surface area contributed by atoms with E-state index >= 15 is 0 Å². The highest BCUT2D eigenvalue weighted by atomic mass is 16.2. The summed E-state index contributed by atoms with van der Waals surface area (Å²) in [5, 5.41) is 12.1. The highest BCUT2D eigenvalue weighted by Crippen LogP contribution is 2.23. The summed E-state index contributed by atoms with van der Waals surface area (Å²) in [4.78, 5) is 28.5. The molecule has 2 amide bonds. The second-order valence-electron chi connectivity index (χ2n) is 7.06. The van der Waals surface area contributed by atoms with Crippen molar-refractivity contribution in [2.24, 2.45) is 5.92 Å². The Hall–Kier alpha value is -2.39. The second kappa shape index (κ2) is 7.66. The Bertz CT molecular complexity index is 668. The lowest BCUT2D eigenvalue weighted by atomic mass is 9.90. The molecule has 1 saturated heterocycles. The molecular formula is C19H26N4O2. The Morgan fingerprint density at radius 3 is 2.64 bits per heavy atom. The number of nitrogens with zero attached hydrogens (tertiary/aromatic N) is 3. The van der Waals surface area contributed by atoms with Crippen LogP contribution < -0.4 is 10.2 Å². The van der Waals surface area contributed by atoms with Gasteiger partial charge in [0.15, 0.2) is 0 Å². The molecule has 0 aliphatic carbocycles. The molecule has 1 aliphatic rings. The summed E-state index contributed by atoms with van der Waals surface area (Å²) in [6.07, 6.45) is 0.678. The van der Waals surface area contributed by atoms with Crippen LogP contribution >= 0.6 is 0 Å². The summed E-state index contributed by atoms with van der Waals surface area (Å²) in [6, 6.07) is 11.4. The van der Waals surface area contributed by atoms with Gasteiger partial charge in [0.1, 0.15) is 5.54 Å². The fourth-order valence-electron chi connectivity index (χ4n) is 2.91. The van der Waals surface area contributed by atoms with E-state index in [0.29, 0.717) is 13.0 Å². The third-order valence-electron chi connectivity index (χ3n) is 4.96. The van der Waals surface area contributed by atoms with Crippen molar-refractivity contribution in [3.63, 3.8) is 0 Å². The summed E-state index contributed by atoms with van der Waals surface area (Å²) in [6.45, 7) is 6.23. The summed E-state index contributed by atoms with van der Waals surface area (Å²) in [5.74, 6) is -0.243. The van der Waals surface area contributed by atoms with E-state index in [0.717, 1.165) is 5.69 Å². The minimum Gasteiger partial charge on any atom is -0.337 e. The highest BCUT2D eigenvalue weighted by molar-refractivity contribution is 5.99. The van der Waals surface area contributed by atoms with Gasteiger partial charge in [-0.15, -0.1) is 0 Å². The highest BCUT2D eigenvalue weighted by Gasteiger charge is 2.37. The molecule has 0 aromatic heterocycles. The molecule has 1 N–H and O–H groups in total. The van der Waals surface area contributed by atoms with Gasteiger partial charge in [0.05, 0.1) is 18.7 Å². The van der Waals surface area contributed by atoms with E-state index in [9.17, 15) is 14.9 Å². The lowest BCUT2D eigenvalue weighted by molar-refractivity contribution is -0.126. The van der Waals surface area contributed by atoms with Crippen molar-refractivity contribution < 1.29 is 9.59 Å². The molecule has 134 valence electrons. The molecule has 1 aromatic rings. The predicted molar refractivity (Wildman–Crippen MR) is 96.8 cm³/mol. The van der Waals surface area contributed by atoms with Gasteiger partial charge in [0.2, 0.25) is 11.8 Å². The molecule has 0 saturated carbocycles. The van der Waals surface area contributed by atoms with Crippen LogP contribution in [0.15, 0.2) is 30.3 Å². The smallest absolute Gasteiger partial charge is 0.244 e. The SMILES string of the molecule is CC(C)[C@](C)(C#N)NC(=O)CN(C)[C@@H]1CCN(c2ccccc2)C1=O. The van der Waals surface area contributed by atoms with Crippen LogP contribution in [0, 0.1) is 17.2 Å². The van der Waals surface area contributed by atoms with Gasteiger partial charge < -0.3 is 10.2 Å². The largest absolute Gasteiger partial charge is 0.337 e. The summed E-state index contributed by atoms with van der Waals surface area (Å²) in [7, 11) is 1.77. The molecule has 0 spiro atoms. The molecule has 25 heavy (non-hydrogen) atoms. The first-order valence-electron chi connectivity index (χ1n) is 8.57. The van der Waals surface area contributed by atoms with Crippen molar-refractivity contribution in [3.8, 4) is 6.07 Å². The zero-order valence-corrected chi connectivity index (χ0v) is 15.3. The van der Waals surface area contributed by atoms with Gasteiger partial charge in [-0.25, -0.2) is 0 Å². The van der Waals surface area contributed by atoms with Gasteiger partial charge in [0.25, 0.3) is 0 Å². The van der Waals surface area contributed by atoms with Crippen molar-refractivity contribution in [1.29, 1.82) is 5.26 Å². The number of nitriles is 1. The minimum atomic E-state index is -0.909. The fraction of sp³-hybridized carbons (Fsp3) is 0.526. The third kappa shape index (κ3) is 4.18. The van der Waals surface area contributed by atoms with Crippen molar-refractivity contribution in [1.82, 2.24) is 10.2 Å². The first kappa shape index (κ1) is 18.9. The Morgan fingerprint density at radius 2 is 2.08 bits per heavy atom. The lowest BCUT2D eigenvalue weighted by Crippen LogP contribution is -2.53. The van der Waals surface area contributed by atoms with E-state index in [1.807, 2.05) is 44.2 Å². The molecule has 2 atom stereocenters. The molecular weight excluding hydrogens is 316 g/mol. The number of amides is 2. The molecule has 0 unspecified atom stereocenters. The first-order chi connectivity index (χ1) is 11.8. The van der Waals surface area contributed by atoms with Crippen molar-refractivity contribution in [3.05, 3.63) is 30.3 Å². The topological polar surface area (TPSA) is 76.4 Å². The number of hydrogen-bond donors (Lipinski definition) is 1. The average Bonchev–Trinajstić information content (AvgIpc) is 2.96.